The van der Waals surface area contributed by atoms with Gasteiger partial charge in [-0.25, -0.2) is 0 Å². The summed E-state index contributed by atoms with van der Waals surface area (Å²) in [6.07, 6.45) is 0. The molecule has 1 rings (SSSR count). The zero-order valence-electron chi connectivity index (χ0n) is 21.1. The molecule has 0 atom stereocenters. The monoisotopic (exact) mass is 450 g/mol. The Morgan fingerprint density at radius 3 is 1.03 bits per heavy atom. The maximum Gasteiger partial charge on any atom is 1.00 e. The van der Waals surface area contributed by atoms with E-state index in [2.05, 4.69) is 48.5 Å². The largest absolute Gasteiger partial charge is 1.00 e. The van der Waals surface area contributed by atoms with Gasteiger partial charge in [0.15, 0.2) is 0 Å². The second-order valence-corrected chi connectivity index (χ2v) is 11.6. The first-order chi connectivity index (χ1) is 11.8. The van der Waals surface area contributed by atoms with Crippen molar-refractivity contribution in [1.82, 2.24) is 0 Å². The van der Waals surface area contributed by atoms with Crippen LogP contribution in [-0.2, 0) is 9.31 Å². The molecule has 0 radical (unpaired) electrons. The van der Waals surface area contributed by atoms with Crippen LogP contribution in [0.3, 0.4) is 0 Å². The minimum Gasteiger partial charge on any atom is -0.449 e. The summed E-state index contributed by atoms with van der Waals surface area (Å²) < 4.78 is 46.7. The molecular formula is C18H41B3F3KO4. The molecule has 1 saturated heterocycles. The third-order valence-corrected chi connectivity index (χ3v) is 4.72. The van der Waals surface area contributed by atoms with Crippen LogP contribution in [0.15, 0.2) is 0 Å². The van der Waals surface area contributed by atoms with Gasteiger partial charge in [-0.1, -0.05) is 67.6 Å². The van der Waals surface area contributed by atoms with Gasteiger partial charge < -0.3 is 32.3 Å². The quantitative estimate of drug-likeness (QED) is 0.558. The van der Waals surface area contributed by atoms with E-state index in [0.29, 0.717) is 0 Å². The predicted octanol–water partition coefficient (Wildman–Crippen LogP) is 2.78. The van der Waals surface area contributed by atoms with Crippen LogP contribution in [-0.4, -0.2) is 42.5 Å². The Bertz CT molecular complexity index is 453. The molecule has 0 amide bonds. The van der Waals surface area contributed by atoms with E-state index in [0.717, 1.165) is 0 Å². The minimum absolute atomic E-state index is 0. The van der Waals surface area contributed by atoms with Crippen molar-refractivity contribution in [2.45, 2.75) is 117 Å². The van der Waals surface area contributed by atoms with Crippen molar-refractivity contribution in [2.75, 3.05) is 0 Å². The molecule has 0 bridgehead atoms. The summed E-state index contributed by atoms with van der Waals surface area (Å²) in [4.78, 5) is 0. The average molecular weight is 450 g/mol. The van der Waals surface area contributed by atoms with Gasteiger partial charge in [-0.15, -0.1) is 0 Å². The Labute approximate surface area is 220 Å². The van der Waals surface area contributed by atoms with Gasteiger partial charge in [-0.05, 0) is 38.3 Å². The summed E-state index contributed by atoms with van der Waals surface area (Å²) >= 11 is 0. The Hall–Kier alpha value is 1.46. The summed E-state index contributed by atoms with van der Waals surface area (Å²) in [6.45, 7) is 18.9. The molecule has 1 aliphatic rings. The molecule has 0 saturated carbocycles. The maximum atomic E-state index is 11.6. The molecule has 11 heteroatoms. The SMILES string of the molecule is CC(C)(C)B(O)O.CC(C)(C)B1OC(C)(C)C(C)(C)O1.CC(C)(C)[B-](F)(F)F.[K+]. The van der Waals surface area contributed by atoms with Gasteiger partial charge in [-0.3, -0.25) is 0 Å². The molecule has 1 aliphatic heterocycles. The van der Waals surface area contributed by atoms with Crippen molar-refractivity contribution in [1.29, 1.82) is 0 Å². The first-order valence-corrected chi connectivity index (χ1v) is 9.67. The fraction of sp³-hybridized carbons (Fsp3) is 1.00. The molecule has 0 spiro atoms. The van der Waals surface area contributed by atoms with Crippen LogP contribution in [0.2, 0.25) is 15.9 Å². The average Bonchev–Trinajstić information content (AvgIpc) is 2.55. The molecule has 168 valence electrons. The molecule has 2 N–H and O–H groups in total. The van der Waals surface area contributed by atoms with E-state index in [-0.39, 0.29) is 80.3 Å². The summed E-state index contributed by atoms with van der Waals surface area (Å²) in [7, 11) is -1.30. The van der Waals surface area contributed by atoms with Crippen LogP contribution in [0.5, 0.6) is 0 Å². The van der Waals surface area contributed by atoms with Gasteiger partial charge >= 0.3 is 72.6 Å². The third-order valence-electron chi connectivity index (χ3n) is 4.72. The van der Waals surface area contributed by atoms with Crippen LogP contribution >= 0.6 is 0 Å². The summed E-state index contributed by atoms with van der Waals surface area (Å²) in [5.74, 6) is 0. The zero-order chi connectivity index (χ0) is 23.6. The van der Waals surface area contributed by atoms with Gasteiger partial charge in [0.2, 0.25) is 0 Å². The molecule has 1 heterocycles. The van der Waals surface area contributed by atoms with Gasteiger partial charge in [0.1, 0.15) is 0 Å². The summed E-state index contributed by atoms with van der Waals surface area (Å²) in [5, 5.41) is 15.0. The minimum atomic E-state index is -4.65. The number of rotatable bonds is 0. The van der Waals surface area contributed by atoms with Gasteiger partial charge in [0, 0.05) is 0 Å². The first-order valence-electron chi connectivity index (χ1n) is 9.67. The van der Waals surface area contributed by atoms with E-state index in [1.807, 2.05) is 0 Å². The molecule has 4 nitrogen and oxygen atoms in total. The van der Waals surface area contributed by atoms with E-state index in [1.165, 1.54) is 20.8 Å². The summed E-state index contributed by atoms with van der Waals surface area (Å²) in [5.41, 5.74) is -0.407. The van der Waals surface area contributed by atoms with Crippen molar-refractivity contribution >= 4 is 21.2 Å². The van der Waals surface area contributed by atoms with E-state index in [9.17, 15) is 12.9 Å². The van der Waals surface area contributed by atoms with Crippen molar-refractivity contribution < 1.29 is 83.7 Å². The Kier molecular flexibility index (Phi) is 14.0. The van der Waals surface area contributed by atoms with Crippen LogP contribution in [0.1, 0.15) is 90.0 Å². The van der Waals surface area contributed by atoms with Gasteiger partial charge in [-0.2, -0.15) is 0 Å². The number of halogens is 3. The van der Waals surface area contributed by atoms with Gasteiger partial charge in [0.05, 0.1) is 11.2 Å². The molecule has 0 aliphatic carbocycles. The van der Waals surface area contributed by atoms with Crippen LogP contribution in [0.25, 0.3) is 0 Å². The van der Waals surface area contributed by atoms with Crippen molar-refractivity contribution in [3.05, 3.63) is 0 Å². The number of hydrogen-bond donors (Lipinski definition) is 2. The van der Waals surface area contributed by atoms with E-state index >= 15 is 0 Å². The molecule has 29 heavy (non-hydrogen) atoms. The zero-order valence-corrected chi connectivity index (χ0v) is 24.2. The molecule has 0 aromatic heterocycles. The van der Waals surface area contributed by atoms with Crippen LogP contribution in [0.4, 0.5) is 12.9 Å². The molecular weight excluding hydrogens is 409 g/mol. The molecule has 0 unspecified atom stereocenters. The second kappa shape index (κ2) is 11.5. The van der Waals surface area contributed by atoms with Crippen molar-refractivity contribution in [2.24, 2.45) is 0 Å². The second-order valence-electron chi connectivity index (χ2n) is 11.6. The van der Waals surface area contributed by atoms with E-state index < -0.39 is 19.4 Å². The van der Waals surface area contributed by atoms with Crippen LogP contribution < -0.4 is 51.4 Å². The van der Waals surface area contributed by atoms with E-state index in [4.69, 9.17) is 19.4 Å². The first kappa shape index (κ1) is 35.1. The number of hydrogen-bond acceptors (Lipinski definition) is 4. The molecule has 0 aromatic carbocycles. The summed E-state index contributed by atoms with van der Waals surface area (Å²) in [6, 6.07) is 0. The molecule has 1 fully saturated rings. The van der Waals surface area contributed by atoms with Crippen molar-refractivity contribution in [3.8, 4) is 0 Å². The Balaban J connectivity index is -0.000000369. The predicted molar refractivity (Wildman–Crippen MR) is 114 cm³/mol. The van der Waals surface area contributed by atoms with E-state index in [1.54, 1.807) is 20.8 Å². The standard InChI is InChI=1S/C10H21BO2.C4H9BF3.C4H11BO2.K/c1-8(2,3)11-12-9(4,5)10(6,7)13-11;1-4(2,3)5(6,7)8;1-4(2,3)5(6)7;/h1-7H3;1-3H3;6-7H,1-3H3;/q;-1;;+1. The van der Waals surface area contributed by atoms with Crippen molar-refractivity contribution in [3.63, 3.8) is 0 Å². The smallest absolute Gasteiger partial charge is 0.449 e. The maximum absolute atomic E-state index is 11.6. The topological polar surface area (TPSA) is 58.9 Å². The fourth-order valence-electron chi connectivity index (χ4n) is 1.20. The fourth-order valence-corrected chi connectivity index (χ4v) is 1.20. The van der Waals surface area contributed by atoms with Gasteiger partial charge in [0.25, 0.3) is 0 Å². The third kappa shape index (κ3) is 12.9. The molecule has 0 aromatic rings. The Morgan fingerprint density at radius 2 is 0.966 bits per heavy atom. The normalized spacial score (nSPS) is 18.6. The van der Waals surface area contributed by atoms with Crippen LogP contribution in [0, 0.1) is 0 Å². The Morgan fingerprint density at radius 1 is 0.759 bits per heavy atom.